The van der Waals surface area contributed by atoms with Crippen molar-refractivity contribution in [2.45, 2.75) is 0 Å². The van der Waals surface area contributed by atoms with Gasteiger partial charge in [-0.15, -0.1) is 0 Å². The summed E-state index contributed by atoms with van der Waals surface area (Å²) in [5, 5.41) is 1.15. The molecule has 0 bridgehead atoms. The van der Waals surface area contributed by atoms with E-state index in [1.165, 1.54) is 0 Å². The quantitative estimate of drug-likeness (QED) is 0.858. The molecule has 0 N–H and O–H groups in total. The number of anilines is 1. The molecule has 1 aliphatic rings. The van der Waals surface area contributed by atoms with Crippen LogP contribution in [0.3, 0.4) is 0 Å². The molecule has 21 heavy (non-hydrogen) atoms. The Balaban J connectivity index is 1.69. The molecule has 3 rings (SSSR count). The maximum Gasteiger partial charge on any atom is 0.248 e. The molecule has 1 aromatic carbocycles. The van der Waals surface area contributed by atoms with Gasteiger partial charge in [0.25, 0.3) is 0 Å². The number of amides is 1. The Hall–Kier alpha value is -2.14. The molecule has 5 heteroatoms. The topological polar surface area (TPSA) is 45.7 Å². The molecule has 1 fully saturated rings. The lowest BCUT2D eigenvalue weighted by atomic mass is 10.2. The fourth-order valence-corrected chi connectivity index (χ4v) is 2.63. The van der Waals surface area contributed by atoms with Crippen LogP contribution >= 0.6 is 0 Å². The molecule has 1 saturated heterocycles. The first kappa shape index (κ1) is 13.8. The average Bonchev–Trinajstić information content (AvgIpc) is 2.55. The predicted molar refractivity (Wildman–Crippen MR) is 82.4 cm³/mol. The third kappa shape index (κ3) is 2.97. The summed E-state index contributed by atoms with van der Waals surface area (Å²) in [6.45, 7) is 3.21. The van der Waals surface area contributed by atoms with E-state index in [0.29, 0.717) is 0 Å². The van der Waals surface area contributed by atoms with Gasteiger partial charge in [-0.05, 0) is 18.2 Å². The largest absolute Gasteiger partial charge is 0.375 e. The van der Waals surface area contributed by atoms with Crippen molar-refractivity contribution in [1.82, 2.24) is 9.88 Å². The van der Waals surface area contributed by atoms with E-state index in [-0.39, 0.29) is 12.5 Å². The van der Waals surface area contributed by atoms with Crippen molar-refractivity contribution in [3.8, 4) is 0 Å². The van der Waals surface area contributed by atoms with Crippen molar-refractivity contribution >= 4 is 22.6 Å². The Bertz CT molecular complexity index is 636. The van der Waals surface area contributed by atoms with Gasteiger partial charge >= 0.3 is 0 Å². The molecule has 5 nitrogen and oxygen atoms in total. The van der Waals surface area contributed by atoms with Gasteiger partial charge in [-0.3, -0.25) is 4.79 Å². The van der Waals surface area contributed by atoms with E-state index in [1.807, 2.05) is 23.1 Å². The van der Waals surface area contributed by atoms with Crippen LogP contribution in [0.4, 0.5) is 5.82 Å². The van der Waals surface area contributed by atoms with Crippen LogP contribution in [0.1, 0.15) is 0 Å². The highest BCUT2D eigenvalue weighted by atomic mass is 16.5. The van der Waals surface area contributed by atoms with Gasteiger partial charge in [-0.1, -0.05) is 18.2 Å². The van der Waals surface area contributed by atoms with Crippen molar-refractivity contribution < 1.29 is 9.53 Å². The molecule has 1 aliphatic heterocycles. The summed E-state index contributed by atoms with van der Waals surface area (Å²) in [5.74, 6) is 1.04. The number of hydrogen-bond donors (Lipinski definition) is 0. The second-order valence-corrected chi connectivity index (χ2v) is 5.16. The molecule has 1 aromatic heterocycles. The van der Waals surface area contributed by atoms with Crippen LogP contribution in [0, 0.1) is 0 Å². The van der Waals surface area contributed by atoms with Crippen LogP contribution in [0.15, 0.2) is 36.4 Å². The molecule has 2 heterocycles. The van der Waals surface area contributed by atoms with Crippen molar-refractivity contribution in [1.29, 1.82) is 0 Å². The highest BCUT2D eigenvalue weighted by molar-refractivity contribution is 5.80. The number of fused-ring (bicyclic) bond motifs is 1. The van der Waals surface area contributed by atoms with Gasteiger partial charge in [-0.25, -0.2) is 4.98 Å². The summed E-state index contributed by atoms with van der Waals surface area (Å²) in [6, 6.07) is 12.3. The lowest BCUT2D eigenvalue weighted by Crippen LogP contribution is -2.49. The van der Waals surface area contributed by atoms with Crippen LogP contribution < -0.4 is 4.90 Å². The van der Waals surface area contributed by atoms with Gasteiger partial charge in [0.15, 0.2) is 0 Å². The molecule has 0 atom stereocenters. The third-order valence-electron chi connectivity index (χ3n) is 3.81. The van der Waals surface area contributed by atoms with E-state index in [2.05, 4.69) is 23.1 Å². The molecule has 0 aliphatic carbocycles. The van der Waals surface area contributed by atoms with Gasteiger partial charge in [0.1, 0.15) is 12.4 Å². The average molecular weight is 285 g/mol. The smallest absolute Gasteiger partial charge is 0.248 e. The van der Waals surface area contributed by atoms with Gasteiger partial charge in [0.05, 0.1) is 5.52 Å². The monoisotopic (exact) mass is 285 g/mol. The minimum absolute atomic E-state index is 0.0589. The number of methoxy groups -OCH3 is 1. The SMILES string of the molecule is COCC(=O)N1CCN(c2ccc3ccccc3n2)CC1. The summed E-state index contributed by atoms with van der Waals surface area (Å²) in [4.78, 5) is 20.6. The molecule has 2 aromatic rings. The zero-order valence-electron chi connectivity index (χ0n) is 12.2. The molecule has 0 unspecified atom stereocenters. The van der Waals surface area contributed by atoms with Crippen LogP contribution in [-0.2, 0) is 9.53 Å². The molecular formula is C16H19N3O2. The number of aromatic nitrogens is 1. The lowest BCUT2D eigenvalue weighted by molar-refractivity contribution is -0.135. The zero-order chi connectivity index (χ0) is 14.7. The number of piperazine rings is 1. The Morgan fingerprint density at radius 2 is 1.90 bits per heavy atom. The summed E-state index contributed by atoms with van der Waals surface area (Å²) in [5.41, 5.74) is 1.01. The first-order chi connectivity index (χ1) is 10.3. The van der Waals surface area contributed by atoms with Gasteiger partial charge < -0.3 is 14.5 Å². The standard InChI is InChI=1S/C16H19N3O2/c1-21-12-16(20)19-10-8-18(9-11-19)15-7-6-13-4-2-3-5-14(13)17-15/h2-7H,8-12H2,1H3. The van der Waals surface area contributed by atoms with E-state index in [0.717, 1.165) is 42.9 Å². The van der Waals surface area contributed by atoms with Gasteiger partial charge in [0.2, 0.25) is 5.91 Å². The van der Waals surface area contributed by atoms with Crippen molar-refractivity contribution in [2.24, 2.45) is 0 Å². The van der Waals surface area contributed by atoms with Crippen LogP contribution in [0.2, 0.25) is 0 Å². The summed E-state index contributed by atoms with van der Waals surface area (Å²) in [6.07, 6.45) is 0. The van der Waals surface area contributed by atoms with Crippen molar-refractivity contribution in [3.05, 3.63) is 36.4 Å². The fourth-order valence-electron chi connectivity index (χ4n) is 2.63. The molecule has 0 radical (unpaired) electrons. The van der Waals surface area contributed by atoms with Crippen LogP contribution in [-0.4, -0.2) is 55.7 Å². The highest BCUT2D eigenvalue weighted by Gasteiger charge is 2.21. The number of para-hydroxylation sites is 1. The van der Waals surface area contributed by atoms with Crippen molar-refractivity contribution in [3.63, 3.8) is 0 Å². The molecular weight excluding hydrogens is 266 g/mol. The number of hydrogen-bond acceptors (Lipinski definition) is 4. The number of rotatable bonds is 3. The van der Waals surface area contributed by atoms with E-state index < -0.39 is 0 Å². The van der Waals surface area contributed by atoms with E-state index in [4.69, 9.17) is 9.72 Å². The normalized spacial score (nSPS) is 15.5. The predicted octanol–water partition coefficient (Wildman–Crippen LogP) is 1.53. The number of carbonyl (C=O) groups excluding carboxylic acids is 1. The third-order valence-corrected chi connectivity index (χ3v) is 3.81. The maximum absolute atomic E-state index is 11.8. The molecule has 110 valence electrons. The Kier molecular flexibility index (Phi) is 4.01. The van der Waals surface area contributed by atoms with Crippen LogP contribution in [0.25, 0.3) is 10.9 Å². The van der Waals surface area contributed by atoms with Crippen molar-refractivity contribution in [2.75, 3.05) is 44.8 Å². The molecule has 1 amide bonds. The molecule has 0 spiro atoms. The second-order valence-electron chi connectivity index (χ2n) is 5.16. The first-order valence-electron chi connectivity index (χ1n) is 7.15. The van der Waals surface area contributed by atoms with Gasteiger partial charge in [0, 0.05) is 38.7 Å². The fraction of sp³-hybridized carbons (Fsp3) is 0.375. The molecule has 0 saturated carbocycles. The summed E-state index contributed by atoms with van der Waals surface area (Å²) >= 11 is 0. The number of ether oxygens (including phenoxy) is 1. The second kappa shape index (κ2) is 6.10. The Morgan fingerprint density at radius 3 is 2.67 bits per heavy atom. The maximum atomic E-state index is 11.8. The Labute approximate surface area is 124 Å². The summed E-state index contributed by atoms with van der Waals surface area (Å²) in [7, 11) is 1.55. The number of nitrogens with zero attached hydrogens (tertiary/aromatic N) is 3. The minimum Gasteiger partial charge on any atom is -0.375 e. The number of benzene rings is 1. The van der Waals surface area contributed by atoms with E-state index in [1.54, 1.807) is 7.11 Å². The Morgan fingerprint density at radius 1 is 1.14 bits per heavy atom. The zero-order valence-corrected chi connectivity index (χ0v) is 12.2. The number of carbonyl (C=O) groups is 1. The minimum atomic E-state index is 0.0589. The first-order valence-corrected chi connectivity index (χ1v) is 7.15. The van der Waals surface area contributed by atoms with E-state index >= 15 is 0 Å². The highest BCUT2D eigenvalue weighted by Crippen LogP contribution is 2.19. The van der Waals surface area contributed by atoms with E-state index in [9.17, 15) is 4.79 Å². The van der Waals surface area contributed by atoms with Crippen LogP contribution in [0.5, 0.6) is 0 Å². The summed E-state index contributed by atoms with van der Waals surface area (Å²) < 4.78 is 4.90. The lowest BCUT2D eigenvalue weighted by Gasteiger charge is -2.35. The number of pyridine rings is 1. The van der Waals surface area contributed by atoms with Gasteiger partial charge in [-0.2, -0.15) is 0 Å².